The largest absolute Gasteiger partial charge is 0.478 e. The van der Waals surface area contributed by atoms with Gasteiger partial charge in [0.25, 0.3) is 0 Å². The number of fused-ring (bicyclic) bond motifs is 1. The van der Waals surface area contributed by atoms with Crippen molar-refractivity contribution >= 4 is 17.1 Å². The van der Waals surface area contributed by atoms with E-state index >= 15 is 0 Å². The Morgan fingerprint density at radius 3 is 3.00 bits per heavy atom. The second-order valence-corrected chi connectivity index (χ2v) is 4.21. The number of hydrogen-bond acceptors (Lipinski definition) is 3. The summed E-state index contributed by atoms with van der Waals surface area (Å²) in [6.45, 7) is 0. The summed E-state index contributed by atoms with van der Waals surface area (Å²) in [6, 6.07) is 5.01. The van der Waals surface area contributed by atoms with Crippen LogP contribution in [0.2, 0.25) is 0 Å². The fourth-order valence-electron chi connectivity index (χ4n) is 1.82. The molecule has 0 atom stereocenters. The number of carbonyl (C=O) groups is 1. The summed E-state index contributed by atoms with van der Waals surface area (Å²) in [5.41, 5.74) is 1.22. The van der Waals surface area contributed by atoms with Gasteiger partial charge in [-0.05, 0) is 30.9 Å². The van der Waals surface area contributed by atoms with Crippen LogP contribution in [0.15, 0.2) is 22.6 Å². The zero-order valence-electron chi connectivity index (χ0n) is 8.64. The molecule has 82 valence electrons. The van der Waals surface area contributed by atoms with Gasteiger partial charge in [-0.2, -0.15) is 0 Å². The Labute approximate surface area is 91.9 Å². The maximum atomic E-state index is 11.0. The standard InChI is InChI=1S/C12H11NO3/c14-12(15)8-2-1-3-9-11(8)16-10(13-9)6-7-4-5-7/h1-3,7H,4-6H2,(H,14,15). The van der Waals surface area contributed by atoms with Crippen LogP contribution in [0, 0.1) is 5.92 Å². The highest BCUT2D eigenvalue weighted by Crippen LogP contribution is 2.33. The average molecular weight is 217 g/mol. The van der Waals surface area contributed by atoms with Gasteiger partial charge in [0, 0.05) is 6.42 Å². The van der Waals surface area contributed by atoms with Crippen LogP contribution in [0.25, 0.3) is 11.1 Å². The van der Waals surface area contributed by atoms with Gasteiger partial charge in [-0.1, -0.05) is 6.07 Å². The lowest BCUT2D eigenvalue weighted by Crippen LogP contribution is -1.95. The van der Waals surface area contributed by atoms with Gasteiger partial charge in [0.15, 0.2) is 11.5 Å². The van der Waals surface area contributed by atoms with Crippen molar-refractivity contribution in [2.45, 2.75) is 19.3 Å². The Morgan fingerprint density at radius 1 is 1.50 bits per heavy atom. The van der Waals surface area contributed by atoms with E-state index in [1.807, 2.05) is 0 Å². The monoisotopic (exact) mass is 217 g/mol. The van der Waals surface area contributed by atoms with Crippen molar-refractivity contribution in [1.82, 2.24) is 4.98 Å². The van der Waals surface area contributed by atoms with Crippen molar-refractivity contribution in [1.29, 1.82) is 0 Å². The summed E-state index contributed by atoms with van der Waals surface area (Å²) in [6.07, 6.45) is 3.28. The van der Waals surface area contributed by atoms with Crippen LogP contribution >= 0.6 is 0 Å². The molecular formula is C12H11NO3. The van der Waals surface area contributed by atoms with E-state index in [4.69, 9.17) is 9.52 Å². The van der Waals surface area contributed by atoms with Crippen molar-refractivity contribution in [2.24, 2.45) is 5.92 Å². The predicted octanol–water partition coefficient (Wildman–Crippen LogP) is 2.48. The summed E-state index contributed by atoms with van der Waals surface area (Å²) in [5, 5.41) is 9.00. The number of nitrogens with zero attached hydrogens (tertiary/aromatic N) is 1. The van der Waals surface area contributed by atoms with Crippen molar-refractivity contribution < 1.29 is 14.3 Å². The minimum atomic E-state index is -0.972. The highest BCUT2D eigenvalue weighted by Gasteiger charge is 2.24. The van der Waals surface area contributed by atoms with Crippen molar-refractivity contribution in [3.63, 3.8) is 0 Å². The lowest BCUT2D eigenvalue weighted by molar-refractivity contribution is 0.0698. The molecule has 1 N–H and O–H groups in total. The van der Waals surface area contributed by atoms with E-state index in [0.717, 1.165) is 6.42 Å². The Kier molecular flexibility index (Phi) is 1.96. The van der Waals surface area contributed by atoms with Crippen LogP contribution in [-0.4, -0.2) is 16.1 Å². The number of rotatable bonds is 3. The number of oxazole rings is 1. The molecule has 0 aliphatic heterocycles. The van der Waals surface area contributed by atoms with E-state index < -0.39 is 5.97 Å². The molecule has 1 aromatic heterocycles. The molecule has 3 rings (SSSR count). The lowest BCUT2D eigenvalue weighted by atomic mass is 10.2. The molecule has 2 aromatic rings. The number of carboxylic acid groups (broad SMARTS) is 1. The van der Waals surface area contributed by atoms with Gasteiger partial charge in [-0.15, -0.1) is 0 Å². The number of aromatic carboxylic acids is 1. The molecule has 0 amide bonds. The molecule has 1 saturated carbocycles. The van der Waals surface area contributed by atoms with Gasteiger partial charge in [0.05, 0.1) is 0 Å². The molecule has 4 nitrogen and oxygen atoms in total. The van der Waals surface area contributed by atoms with Gasteiger partial charge >= 0.3 is 5.97 Å². The molecule has 1 fully saturated rings. The third-order valence-corrected chi connectivity index (χ3v) is 2.85. The highest BCUT2D eigenvalue weighted by molar-refractivity contribution is 5.99. The first-order valence-electron chi connectivity index (χ1n) is 5.36. The summed E-state index contributed by atoms with van der Waals surface area (Å²) < 4.78 is 5.52. The molecule has 1 aromatic carbocycles. The fraction of sp³-hybridized carbons (Fsp3) is 0.333. The summed E-state index contributed by atoms with van der Waals surface area (Å²) >= 11 is 0. The molecule has 1 aliphatic rings. The Hall–Kier alpha value is -1.84. The number of para-hydroxylation sites is 1. The van der Waals surface area contributed by atoms with Gasteiger partial charge in [-0.25, -0.2) is 9.78 Å². The number of hydrogen-bond donors (Lipinski definition) is 1. The normalized spacial score (nSPS) is 15.5. The molecule has 16 heavy (non-hydrogen) atoms. The third kappa shape index (κ3) is 1.56. The average Bonchev–Trinajstić information content (AvgIpc) is 2.95. The number of aromatic nitrogens is 1. The van der Waals surface area contributed by atoms with E-state index in [1.54, 1.807) is 12.1 Å². The predicted molar refractivity (Wildman–Crippen MR) is 57.4 cm³/mol. The summed E-state index contributed by atoms with van der Waals surface area (Å²) in [5.74, 6) is 0.368. The van der Waals surface area contributed by atoms with Crippen LogP contribution in [0.5, 0.6) is 0 Å². The number of benzene rings is 1. The molecule has 0 bridgehead atoms. The quantitative estimate of drug-likeness (QED) is 0.857. The highest BCUT2D eigenvalue weighted by atomic mass is 16.4. The second kappa shape index (κ2) is 3.33. The number of carboxylic acids is 1. The van der Waals surface area contributed by atoms with Crippen molar-refractivity contribution in [3.8, 4) is 0 Å². The zero-order valence-corrected chi connectivity index (χ0v) is 8.64. The zero-order chi connectivity index (χ0) is 11.1. The third-order valence-electron chi connectivity index (χ3n) is 2.85. The van der Waals surface area contributed by atoms with E-state index in [-0.39, 0.29) is 5.56 Å². The first-order valence-corrected chi connectivity index (χ1v) is 5.36. The van der Waals surface area contributed by atoms with Gasteiger partial charge in [0.1, 0.15) is 11.1 Å². The molecule has 0 unspecified atom stereocenters. The smallest absolute Gasteiger partial charge is 0.339 e. The van der Waals surface area contributed by atoms with Crippen molar-refractivity contribution in [2.75, 3.05) is 0 Å². The van der Waals surface area contributed by atoms with Crippen LogP contribution < -0.4 is 0 Å². The topological polar surface area (TPSA) is 63.3 Å². The van der Waals surface area contributed by atoms with E-state index in [0.29, 0.717) is 22.9 Å². The summed E-state index contributed by atoms with van der Waals surface area (Å²) in [4.78, 5) is 15.3. The van der Waals surface area contributed by atoms with Gasteiger partial charge < -0.3 is 9.52 Å². The Morgan fingerprint density at radius 2 is 2.31 bits per heavy atom. The lowest BCUT2D eigenvalue weighted by Gasteiger charge is -1.93. The fourth-order valence-corrected chi connectivity index (χ4v) is 1.82. The molecule has 0 spiro atoms. The maximum Gasteiger partial charge on any atom is 0.339 e. The van der Waals surface area contributed by atoms with Crippen LogP contribution in [0.3, 0.4) is 0 Å². The van der Waals surface area contributed by atoms with E-state index in [2.05, 4.69) is 4.98 Å². The molecule has 0 radical (unpaired) electrons. The first-order chi connectivity index (χ1) is 7.74. The molecule has 1 aliphatic carbocycles. The molecule has 4 heteroatoms. The van der Waals surface area contributed by atoms with Gasteiger partial charge in [-0.3, -0.25) is 0 Å². The molecular weight excluding hydrogens is 206 g/mol. The van der Waals surface area contributed by atoms with Crippen LogP contribution in [0.4, 0.5) is 0 Å². The maximum absolute atomic E-state index is 11.0. The van der Waals surface area contributed by atoms with Crippen molar-refractivity contribution in [3.05, 3.63) is 29.7 Å². The summed E-state index contributed by atoms with van der Waals surface area (Å²) in [7, 11) is 0. The Bertz CT molecular complexity index is 554. The van der Waals surface area contributed by atoms with Crippen LogP contribution in [0.1, 0.15) is 29.1 Å². The minimum absolute atomic E-state index is 0.187. The Balaban J connectivity index is 2.07. The molecule has 1 heterocycles. The second-order valence-electron chi connectivity index (χ2n) is 4.21. The van der Waals surface area contributed by atoms with Crippen LogP contribution in [-0.2, 0) is 6.42 Å². The molecule has 0 saturated heterocycles. The minimum Gasteiger partial charge on any atom is -0.478 e. The first kappa shape index (κ1) is 9.39. The van der Waals surface area contributed by atoms with Gasteiger partial charge in [0.2, 0.25) is 0 Å². The van der Waals surface area contributed by atoms with E-state index in [9.17, 15) is 4.79 Å². The SMILES string of the molecule is O=C(O)c1cccc2nc(CC3CC3)oc12. The van der Waals surface area contributed by atoms with E-state index in [1.165, 1.54) is 18.9 Å².